The van der Waals surface area contributed by atoms with Gasteiger partial charge in [0, 0.05) is 6.54 Å². The molecule has 0 fully saturated rings. The Bertz CT molecular complexity index is 994. The highest BCUT2D eigenvalue weighted by molar-refractivity contribution is 7.89. The standard InChI is InChI=1S/C18H17Cl3N2O5S/c1-11(18(25)23-15-8-3-2-5-12(15)19)28-16(24)9-10-22-29(26,27)17-13(20)6-4-7-14(17)21/h2-8,11,22H,9-10H2,1H3,(H,23,25). The maximum Gasteiger partial charge on any atom is 0.307 e. The van der Waals surface area contributed by atoms with Gasteiger partial charge in [-0.05, 0) is 31.2 Å². The first-order valence-corrected chi connectivity index (χ1v) is 10.9. The number of sulfonamides is 1. The van der Waals surface area contributed by atoms with E-state index in [0.717, 1.165) is 0 Å². The largest absolute Gasteiger partial charge is 0.452 e. The van der Waals surface area contributed by atoms with Crippen molar-refractivity contribution in [2.24, 2.45) is 0 Å². The van der Waals surface area contributed by atoms with Crippen molar-refractivity contribution in [3.05, 3.63) is 57.5 Å². The van der Waals surface area contributed by atoms with Crippen molar-refractivity contribution in [3.8, 4) is 0 Å². The molecular formula is C18H17Cl3N2O5S. The van der Waals surface area contributed by atoms with E-state index >= 15 is 0 Å². The lowest BCUT2D eigenvalue weighted by atomic mass is 10.3. The van der Waals surface area contributed by atoms with Crippen LogP contribution >= 0.6 is 34.8 Å². The fraction of sp³-hybridized carbons (Fsp3) is 0.222. The Labute approximate surface area is 183 Å². The van der Waals surface area contributed by atoms with Crippen LogP contribution in [-0.2, 0) is 24.3 Å². The zero-order valence-electron chi connectivity index (χ0n) is 15.1. The number of benzene rings is 2. The maximum absolute atomic E-state index is 12.3. The summed E-state index contributed by atoms with van der Waals surface area (Å²) in [4.78, 5) is 23.7. The van der Waals surface area contributed by atoms with Gasteiger partial charge in [-0.2, -0.15) is 0 Å². The van der Waals surface area contributed by atoms with E-state index in [-0.39, 0.29) is 27.9 Å². The van der Waals surface area contributed by atoms with Crippen LogP contribution in [0.2, 0.25) is 15.1 Å². The summed E-state index contributed by atoms with van der Waals surface area (Å²) < 4.78 is 31.9. The predicted molar refractivity (Wildman–Crippen MR) is 112 cm³/mol. The average Bonchev–Trinajstić information content (AvgIpc) is 2.63. The third-order valence-electron chi connectivity index (χ3n) is 3.62. The van der Waals surface area contributed by atoms with E-state index in [4.69, 9.17) is 39.5 Å². The minimum atomic E-state index is -4.02. The second-order valence-electron chi connectivity index (χ2n) is 5.80. The second kappa shape index (κ2) is 10.3. The van der Waals surface area contributed by atoms with Crippen molar-refractivity contribution in [1.29, 1.82) is 0 Å². The Hall–Kier alpha value is -1.84. The number of halogens is 3. The van der Waals surface area contributed by atoms with E-state index in [2.05, 4.69) is 10.0 Å². The molecule has 7 nitrogen and oxygen atoms in total. The quantitative estimate of drug-likeness (QED) is 0.559. The van der Waals surface area contributed by atoms with Crippen molar-refractivity contribution in [1.82, 2.24) is 4.72 Å². The minimum absolute atomic E-state index is 0.0440. The molecule has 2 aromatic carbocycles. The van der Waals surface area contributed by atoms with Gasteiger partial charge in [-0.25, -0.2) is 13.1 Å². The summed E-state index contributed by atoms with van der Waals surface area (Å²) in [7, 11) is -4.02. The molecule has 1 atom stereocenters. The maximum atomic E-state index is 12.3. The lowest BCUT2D eigenvalue weighted by Gasteiger charge is -2.14. The average molecular weight is 480 g/mol. The molecule has 0 bridgehead atoms. The predicted octanol–water partition coefficient (Wildman–Crippen LogP) is 3.89. The summed E-state index contributed by atoms with van der Waals surface area (Å²) in [6, 6.07) is 10.9. The zero-order chi connectivity index (χ0) is 21.6. The summed E-state index contributed by atoms with van der Waals surface area (Å²) >= 11 is 17.7. The number of esters is 1. The zero-order valence-corrected chi connectivity index (χ0v) is 18.2. The van der Waals surface area contributed by atoms with Crippen LogP contribution in [0.5, 0.6) is 0 Å². The van der Waals surface area contributed by atoms with Crippen LogP contribution in [0.4, 0.5) is 5.69 Å². The third-order valence-corrected chi connectivity index (χ3v) is 6.36. The summed E-state index contributed by atoms with van der Waals surface area (Å²) in [5, 5.41) is 2.79. The van der Waals surface area contributed by atoms with Gasteiger partial charge in [0.15, 0.2) is 6.10 Å². The van der Waals surface area contributed by atoms with E-state index < -0.39 is 28.0 Å². The molecule has 0 aliphatic rings. The van der Waals surface area contributed by atoms with Gasteiger partial charge in [-0.3, -0.25) is 9.59 Å². The topological polar surface area (TPSA) is 102 Å². The number of carbonyl (C=O) groups excluding carboxylic acids is 2. The molecule has 0 radical (unpaired) electrons. The first kappa shape index (κ1) is 23.4. The molecule has 0 heterocycles. The summed E-state index contributed by atoms with van der Waals surface area (Å²) in [6.45, 7) is 1.12. The molecule has 0 saturated carbocycles. The lowest BCUT2D eigenvalue weighted by Crippen LogP contribution is -2.32. The minimum Gasteiger partial charge on any atom is -0.452 e. The van der Waals surface area contributed by atoms with Crippen LogP contribution in [0.3, 0.4) is 0 Å². The number of hydrogen-bond acceptors (Lipinski definition) is 5. The van der Waals surface area contributed by atoms with E-state index in [1.54, 1.807) is 24.3 Å². The number of rotatable bonds is 8. The van der Waals surface area contributed by atoms with Crippen LogP contribution in [0.1, 0.15) is 13.3 Å². The normalized spacial score (nSPS) is 12.3. The van der Waals surface area contributed by atoms with Gasteiger partial charge in [0.2, 0.25) is 10.0 Å². The van der Waals surface area contributed by atoms with Crippen molar-refractivity contribution in [2.75, 3.05) is 11.9 Å². The van der Waals surface area contributed by atoms with Crippen LogP contribution < -0.4 is 10.0 Å². The van der Waals surface area contributed by atoms with E-state index in [1.807, 2.05) is 0 Å². The van der Waals surface area contributed by atoms with Crippen LogP contribution in [-0.4, -0.2) is 32.9 Å². The van der Waals surface area contributed by atoms with Crippen LogP contribution in [0.15, 0.2) is 47.4 Å². The lowest BCUT2D eigenvalue weighted by molar-refractivity contribution is -0.152. The fourth-order valence-electron chi connectivity index (χ4n) is 2.21. The monoisotopic (exact) mass is 478 g/mol. The van der Waals surface area contributed by atoms with Gasteiger partial charge in [0.05, 0.1) is 27.2 Å². The Balaban J connectivity index is 1.86. The molecular weight excluding hydrogens is 463 g/mol. The Morgan fingerprint density at radius 3 is 2.21 bits per heavy atom. The Morgan fingerprint density at radius 2 is 1.59 bits per heavy atom. The molecule has 29 heavy (non-hydrogen) atoms. The third kappa shape index (κ3) is 6.58. The summed E-state index contributed by atoms with van der Waals surface area (Å²) in [5.41, 5.74) is 0.381. The number of anilines is 1. The van der Waals surface area contributed by atoms with Crippen LogP contribution in [0, 0.1) is 0 Å². The van der Waals surface area contributed by atoms with E-state index in [1.165, 1.54) is 25.1 Å². The number of amides is 1. The molecule has 1 unspecified atom stereocenters. The molecule has 11 heteroatoms. The van der Waals surface area contributed by atoms with Crippen LogP contribution in [0.25, 0.3) is 0 Å². The Morgan fingerprint density at radius 1 is 1.00 bits per heavy atom. The number of ether oxygens (including phenoxy) is 1. The van der Waals surface area contributed by atoms with Crippen molar-refractivity contribution in [3.63, 3.8) is 0 Å². The van der Waals surface area contributed by atoms with Gasteiger partial charge in [0.1, 0.15) is 4.90 Å². The number of hydrogen-bond donors (Lipinski definition) is 2. The fourth-order valence-corrected chi connectivity index (χ4v) is 4.56. The highest BCUT2D eigenvalue weighted by atomic mass is 35.5. The molecule has 0 spiro atoms. The SMILES string of the molecule is CC(OC(=O)CCNS(=O)(=O)c1c(Cl)cccc1Cl)C(=O)Nc1ccccc1Cl. The smallest absolute Gasteiger partial charge is 0.307 e. The summed E-state index contributed by atoms with van der Waals surface area (Å²) in [6.07, 6.45) is -1.40. The number of nitrogens with one attached hydrogen (secondary N) is 2. The molecule has 0 aliphatic carbocycles. The molecule has 0 aliphatic heterocycles. The highest BCUT2D eigenvalue weighted by Crippen LogP contribution is 2.28. The second-order valence-corrected chi connectivity index (χ2v) is 8.73. The first-order valence-electron chi connectivity index (χ1n) is 8.30. The molecule has 1 amide bonds. The van der Waals surface area contributed by atoms with Gasteiger partial charge >= 0.3 is 5.97 Å². The molecule has 2 rings (SSSR count). The van der Waals surface area contributed by atoms with E-state index in [9.17, 15) is 18.0 Å². The molecule has 0 aromatic heterocycles. The van der Waals surface area contributed by atoms with Crippen molar-refractivity contribution < 1.29 is 22.7 Å². The van der Waals surface area contributed by atoms with Gasteiger partial charge in [-0.15, -0.1) is 0 Å². The highest BCUT2D eigenvalue weighted by Gasteiger charge is 2.23. The van der Waals surface area contributed by atoms with Gasteiger partial charge in [-0.1, -0.05) is 53.0 Å². The van der Waals surface area contributed by atoms with Crippen molar-refractivity contribution in [2.45, 2.75) is 24.3 Å². The van der Waals surface area contributed by atoms with Gasteiger partial charge < -0.3 is 10.1 Å². The molecule has 156 valence electrons. The number of para-hydroxylation sites is 1. The number of carbonyl (C=O) groups is 2. The van der Waals surface area contributed by atoms with Gasteiger partial charge in [0.25, 0.3) is 5.91 Å². The summed E-state index contributed by atoms with van der Waals surface area (Å²) in [5.74, 6) is -1.34. The molecule has 0 saturated heterocycles. The Kier molecular flexibility index (Phi) is 8.30. The first-order chi connectivity index (χ1) is 13.6. The molecule has 2 N–H and O–H groups in total. The van der Waals surface area contributed by atoms with Crippen molar-refractivity contribution >= 4 is 62.4 Å². The molecule has 2 aromatic rings. The van der Waals surface area contributed by atoms with E-state index in [0.29, 0.717) is 10.7 Å².